The first-order valence-electron chi connectivity index (χ1n) is 9.04. The molecule has 0 unspecified atom stereocenters. The molecule has 1 aliphatic heterocycles. The van der Waals surface area contributed by atoms with Crippen LogP contribution >= 0.6 is 0 Å². The van der Waals surface area contributed by atoms with Crippen LogP contribution < -0.4 is 4.90 Å². The van der Waals surface area contributed by atoms with Crippen molar-refractivity contribution in [2.45, 2.75) is 39.0 Å². The van der Waals surface area contributed by atoms with Crippen molar-refractivity contribution in [3.8, 4) is 5.88 Å². The number of aliphatic hydroxyl groups is 1. The summed E-state index contributed by atoms with van der Waals surface area (Å²) in [5.41, 5.74) is 2.09. The van der Waals surface area contributed by atoms with Crippen LogP contribution in [0, 0.1) is 12.3 Å². The van der Waals surface area contributed by atoms with E-state index in [2.05, 4.69) is 39.1 Å². The molecule has 1 aliphatic rings. The Labute approximate surface area is 149 Å². The highest BCUT2D eigenvalue weighted by molar-refractivity contribution is 5.50. The zero-order chi connectivity index (χ0) is 17.7. The van der Waals surface area contributed by atoms with Gasteiger partial charge in [-0.2, -0.15) is 0 Å². The lowest BCUT2D eigenvalue weighted by atomic mass is 9.75. The maximum absolute atomic E-state index is 10.0. The van der Waals surface area contributed by atoms with E-state index in [0.29, 0.717) is 0 Å². The Kier molecular flexibility index (Phi) is 5.53. The van der Waals surface area contributed by atoms with Crippen LogP contribution in [0.2, 0.25) is 0 Å². The second kappa shape index (κ2) is 7.83. The van der Waals surface area contributed by atoms with Crippen molar-refractivity contribution < 1.29 is 10.2 Å². The van der Waals surface area contributed by atoms with Gasteiger partial charge in [0.2, 0.25) is 5.88 Å². The smallest absolute Gasteiger partial charge is 0.219 e. The molecular weight excluding hydrogens is 314 g/mol. The molecule has 25 heavy (non-hydrogen) atoms. The van der Waals surface area contributed by atoms with E-state index in [1.54, 1.807) is 0 Å². The molecule has 3 rings (SSSR count). The number of aliphatic hydroxyl groups excluding tert-OH is 1. The molecule has 0 spiro atoms. The number of anilines is 1. The normalized spacial score (nSPS) is 16.8. The molecule has 5 nitrogen and oxygen atoms in total. The van der Waals surface area contributed by atoms with Crippen molar-refractivity contribution in [1.82, 2.24) is 9.97 Å². The number of hydrogen-bond donors (Lipinski definition) is 2. The second-order valence-corrected chi connectivity index (χ2v) is 7.13. The SMILES string of the molecule is Cc1c(O)ncnc1N1CCC(CO)(CCCc2ccccc2)CC1. The van der Waals surface area contributed by atoms with Crippen molar-refractivity contribution in [2.75, 3.05) is 24.6 Å². The Hall–Kier alpha value is -2.14. The Bertz CT molecular complexity index is 683. The van der Waals surface area contributed by atoms with Crippen LogP contribution in [-0.4, -0.2) is 39.9 Å². The van der Waals surface area contributed by atoms with Gasteiger partial charge in [0.1, 0.15) is 12.1 Å². The number of rotatable bonds is 6. The lowest BCUT2D eigenvalue weighted by Crippen LogP contribution is -2.42. The molecule has 134 valence electrons. The molecule has 1 fully saturated rings. The van der Waals surface area contributed by atoms with E-state index in [0.717, 1.165) is 56.6 Å². The van der Waals surface area contributed by atoms with Gasteiger partial charge in [-0.05, 0) is 50.0 Å². The number of benzene rings is 1. The first kappa shape index (κ1) is 17.7. The van der Waals surface area contributed by atoms with Crippen LogP contribution in [0.4, 0.5) is 5.82 Å². The quantitative estimate of drug-likeness (QED) is 0.845. The van der Waals surface area contributed by atoms with E-state index >= 15 is 0 Å². The summed E-state index contributed by atoms with van der Waals surface area (Å²) in [5.74, 6) is 0.857. The third kappa shape index (κ3) is 4.10. The van der Waals surface area contributed by atoms with Gasteiger partial charge in [-0.1, -0.05) is 30.3 Å². The van der Waals surface area contributed by atoms with Gasteiger partial charge in [0.05, 0.1) is 5.56 Å². The van der Waals surface area contributed by atoms with Crippen molar-refractivity contribution in [1.29, 1.82) is 0 Å². The van der Waals surface area contributed by atoms with Crippen LogP contribution in [0.15, 0.2) is 36.7 Å². The van der Waals surface area contributed by atoms with E-state index in [4.69, 9.17) is 0 Å². The van der Waals surface area contributed by atoms with Crippen LogP contribution in [0.5, 0.6) is 5.88 Å². The molecule has 2 heterocycles. The van der Waals surface area contributed by atoms with Gasteiger partial charge in [-0.25, -0.2) is 9.97 Å². The Balaban J connectivity index is 1.57. The monoisotopic (exact) mass is 341 g/mol. The van der Waals surface area contributed by atoms with Crippen molar-refractivity contribution in [3.63, 3.8) is 0 Å². The van der Waals surface area contributed by atoms with Gasteiger partial charge in [0, 0.05) is 19.7 Å². The van der Waals surface area contributed by atoms with Gasteiger partial charge < -0.3 is 15.1 Å². The van der Waals surface area contributed by atoms with Crippen molar-refractivity contribution in [3.05, 3.63) is 47.8 Å². The predicted molar refractivity (Wildman–Crippen MR) is 98.8 cm³/mol. The van der Waals surface area contributed by atoms with Crippen molar-refractivity contribution in [2.24, 2.45) is 5.41 Å². The zero-order valence-electron chi connectivity index (χ0n) is 14.9. The van der Waals surface area contributed by atoms with E-state index in [-0.39, 0.29) is 17.9 Å². The van der Waals surface area contributed by atoms with E-state index in [1.807, 2.05) is 13.0 Å². The standard InChI is InChI=1S/C20H27N3O2/c1-16-18(21-15-22-19(16)25)23-12-10-20(14-24,11-13-23)9-5-8-17-6-3-2-4-7-17/h2-4,6-7,15,24H,5,8-14H2,1H3,(H,21,22,25). The minimum atomic E-state index is 0.00819. The number of hydrogen-bond acceptors (Lipinski definition) is 5. The highest BCUT2D eigenvalue weighted by atomic mass is 16.3. The summed E-state index contributed by atoms with van der Waals surface area (Å²) in [6.45, 7) is 3.79. The largest absolute Gasteiger partial charge is 0.493 e. The number of aryl methyl sites for hydroxylation is 1. The third-order valence-corrected chi connectivity index (χ3v) is 5.51. The lowest BCUT2D eigenvalue weighted by Gasteiger charge is -2.41. The minimum absolute atomic E-state index is 0.00819. The maximum atomic E-state index is 10.0. The molecule has 1 aromatic heterocycles. The zero-order valence-corrected chi connectivity index (χ0v) is 14.9. The molecule has 0 amide bonds. The Morgan fingerprint density at radius 2 is 1.84 bits per heavy atom. The van der Waals surface area contributed by atoms with Crippen LogP contribution in [0.25, 0.3) is 0 Å². The van der Waals surface area contributed by atoms with Gasteiger partial charge in [-0.3, -0.25) is 0 Å². The molecule has 1 saturated heterocycles. The molecule has 0 radical (unpaired) electrons. The number of nitrogens with zero attached hydrogens (tertiary/aromatic N) is 3. The fraction of sp³-hybridized carbons (Fsp3) is 0.500. The van der Waals surface area contributed by atoms with Crippen LogP contribution in [0.1, 0.15) is 36.8 Å². The molecule has 1 aromatic carbocycles. The fourth-order valence-corrected chi connectivity index (χ4v) is 3.74. The molecule has 0 atom stereocenters. The first-order chi connectivity index (χ1) is 12.1. The number of piperidine rings is 1. The van der Waals surface area contributed by atoms with Gasteiger partial charge >= 0.3 is 0 Å². The van der Waals surface area contributed by atoms with Gasteiger partial charge in [-0.15, -0.1) is 0 Å². The van der Waals surface area contributed by atoms with Crippen LogP contribution in [0.3, 0.4) is 0 Å². The highest BCUT2D eigenvalue weighted by Gasteiger charge is 2.34. The lowest BCUT2D eigenvalue weighted by molar-refractivity contribution is 0.0848. The fourth-order valence-electron chi connectivity index (χ4n) is 3.74. The van der Waals surface area contributed by atoms with Gasteiger partial charge in [0.15, 0.2) is 0 Å². The topological polar surface area (TPSA) is 69.5 Å². The summed E-state index contributed by atoms with van der Waals surface area (Å²) >= 11 is 0. The molecule has 5 heteroatoms. The molecule has 0 aliphatic carbocycles. The first-order valence-corrected chi connectivity index (χ1v) is 9.04. The summed E-state index contributed by atoms with van der Waals surface area (Å²) in [4.78, 5) is 10.4. The molecule has 2 aromatic rings. The molecule has 0 saturated carbocycles. The van der Waals surface area contributed by atoms with E-state index < -0.39 is 0 Å². The average Bonchev–Trinajstić information content (AvgIpc) is 2.66. The van der Waals surface area contributed by atoms with E-state index in [1.165, 1.54) is 11.9 Å². The predicted octanol–water partition coefficient (Wildman–Crippen LogP) is 3.09. The summed E-state index contributed by atoms with van der Waals surface area (Å²) in [6.07, 6.45) is 6.50. The minimum Gasteiger partial charge on any atom is -0.493 e. The van der Waals surface area contributed by atoms with E-state index in [9.17, 15) is 10.2 Å². The molecule has 2 N–H and O–H groups in total. The third-order valence-electron chi connectivity index (χ3n) is 5.51. The average molecular weight is 341 g/mol. The number of aromatic nitrogens is 2. The maximum Gasteiger partial charge on any atom is 0.219 e. The molecule has 0 bridgehead atoms. The summed E-state index contributed by atoms with van der Waals surface area (Å²) in [6, 6.07) is 10.5. The summed E-state index contributed by atoms with van der Waals surface area (Å²) in [7, 11) is 0. The Morgan fingerprint density at radius 1 is 1.12 bits per heavy atom. The number of aromatic hydroxyl groups is 1. The summed E-state index contributed by atoms with van der Waals surface area (Å²) < 4.78 is 0. The second-order valence-electron chi connectivity index (χ2n) is 7.13. The molecular formula is C20H27N3O2. The summed E-state index contributed by atoms with van der Waals surface area (Å²) in [5, 5.41) is 19.8. The van der Waals surface area contributed by atoms with Gasteiger partial charge in [0.25, 0.3) is 0 Å². The van der Waals surface area contributed by atoms with Crippen LogP contribution in [-0.2, 0) is 6.42 Å². The highest BCUT2D eigenvalue weighted by Crippen LogP contribution is 2.38. The van der Waals surface area contributed by atoms with Crippen molar-refractivity contribution >= 4 is 5.82 Å². The Morgan fingerprint density at radius 3 is 2.52 bits per heavy atom.